The van der Waals surface area contributed by atoms with E-state index >= 15 is 0 Å². The third kappa shape index (κ3) is 3.66. The summed E-state index contributed by atoms with van der Waals surface area (Å²) in [5, 5.41) is 12.2. The van der Waals surface area contributed by atoms with E-state index in [2.05, 4.69) is 15.3 Å². The van der Waals surface area contributed by atoms with Crippen LogP contribution in [0.3, 0.4) is 0 Å². The summed E-state index contributed by atoms with van der Waals surface area (Å²) in [6, 6.07) is 5.68. The largest absolute Gasteiger partial charge is 0.477 e. The van der Waals surface area contributed by atoms with Gasteiger partial charge in [0.25, 0.3) is 0 Å². The predicted octanol–water partition coefficient (Wildman–Crippen LogP) is 2.99. The second-order valence-electron chi connectivity index (χ2n) is 4.27. The summed E-state index contributed by atoms with van der Waals surface area (Å²) in [7, 11) is 0. The van der Waals surface area contributed by atoms with Crippen LogP contribution in [0.4, 0.5) is 10.2 Å². The number of carbonyl (C=O) groups is 1. The number of nitrogens with zero attached hydrogens (tertiary/aromatic N) is 2. The Hall–Kier alpha value is -2.21. The van der Waals surface area contributed by atoms with E-state index < -0.39 is 11.8 Å². The second-order valence-corrected chi connectivity index (χ2v) is 4.67. The molecule has 2 N–H and O–H groups in total. The zero-order chi connectivity index (χ0) is 15.4. The average Bonchev–Trinajstić information content (AvgIpc) is 2.43. The summed E-state index contributed by atoms with van der Waals surface area (Å²) in [5.74, 6) is -1.07. The summed E-state index contributed by atoms with van der Waals surface area (Å²) in [6.07, 6.45) is 0.0189. The number of halogens is 2. The molecule has 1 aromatic heterocycles. The van der Waals surface area contributed by atoms with Crippen molar-refractivity contribution in [2.24, 2.45) is 0 Å². The summed E-state index contributed by atoms with van der Waals surface area (Å²) < 4.78 is 13.8. The first-order chi connectivity index (χ1) is 10.0. The molecule has 2 rings (SSSR count). The van der Waals surface area contributed by atoms with E-state index in [4.69, 9.17) is 16.7 Å². The standard InChI is InChI=1S/C14H13ClFN3O2/c1-2-17-12-7-11(14(20)21)18-13(19-12)6-8-9(15)4-3-5-10(8)16/h3-5,7H,2,6H2,1H3,(H,20,21)(H,17,18,19). The highest BCUT2D eigenvalue weighted by atomic mass is 35.5. The molecule has 0 aliphatic rings. The quantitative estimate of drug-likeness (QED) is 0.888. The second kappa shape index (κ2) is 6.49. The zero-order valence-electron chi connectivity index (χ0n) is 11.2. The van der Waals surface area contributed by atoms with Gasteiger partial charge in [-0.15, -0.1) is 0 Å². The van der Waals surface area contributed by atoms with Gasteiger partial charge in [0.15, 0.2) is 5.69 Å². The summed E-state index contributed by atoms with van der Waals surface area (Å²) in [5.41, 5.74) is 0.0903. The predicted molar refractivity (Wildman–Crippen MR) is 77.4 cm³/mol. The highest BCUT2D eigenvalue weighted by molar-refractivity contribution is 6.31. The minimum Gasteiger partial charge on any atom is -0.477 e. The number of hydrogen-bond acceptors (Lipinski definition) is 4. The Balaban J connectivity index is 2.41. The van der Waals surface area contributed by atoms with Crippen molar-refractivity contribution in [1.82, 2.24) is 9.97 Å². The summed E-state index contributed by atoms with van der Waals surface area (Å²) in [4.78, 5) is 19.2. The molecule has 0 aliphatic heterocycles. The Morgan fingerprint density at radius 3 is 2.81 bits per heavy atom. The molecule has 0 saturated carbocycles. The first-order valence-electron chi connectivity index (χ1n) is 6.29. The number of anilines is 1. The van der Waals surface area contributed by atoms with Gasteiger partial charge in [-0.3, -0.25) is 0 Å². The van der Waals surface area contributed by atoms with E-state index in [1.807, 2.05) is 6.92 Å². The van der Waals surface area contributed by atoms with Crippen molar-refractivity contribution in [1.29, 1.82) is 0 Å². The molecule has 0 fully saturated rings. The molecule has 1 aromatic carbocycles. The van der Waals surface area contributed by atoms with Crippen LogP contribution in [0.1, 0.15) is 28.8 Å². The van der Waals surface area contributed by atoms with Crippen molar-refractivity contribution in [3.05, 3.63) is 52.2 Å². The Kier molecular flexibility index (Phi) is 4.70. The number of aromatic carboxylic acids is 1. The van der Waals surface area contributed by atoms with Gasteiger partial charge in [-0.05, 0) is 19.1 Å². The molecule has 21 heavy (non-hydrogen) atoms. The van der Waals surface area contributed by atoms with Crippen molar-refractivity contribution in [2.75, 3.05) is 11.9 Å². The van der Waals surface area contributed by atoms with Gasteiger partial charge in [0.1, 0.15) is 17.5 Å². The van der Waals surface area contributed by atoms with Crippen LogP contribution < -0.4 is 5.32 Å². The van der Waals surface area contributed by atoms with Gasteiger partial charge in [-0.25, -0.2) is 19.2 Å². The van der Waals surface area contributed by atoms with E-state index in [0.717, 1.165) is 0 Å². The number of rotatable bonds is 5. The molecular weight excluding hydrogens is 297 g/mol. The maximum absolute atomic E-state index is 13.8. The molecule has 0 aliphatic carbocycles. The number of carboxylic acids is 1. The lowest BCUT2D eigenvalue weighted by Crippen LogP contribution is -2.10. The SMILES string of the molecule is CCNc1cc(C(=O)O)nc(Cc2c(F)cccc2Cl)n1. The number of nitrogens with one attached hydrogen (secondary N) is 1. The van der Waals surface area contributed by atoms with Crippen molar-refractivity contribution < 1.29 is 14.3 Å². The number of aromatic nitrogens is 2. The van der Waals surface area contributed by atoms with Gasteiger partial charge in [-0.1, -0.05) is 17.7 Å². The third-order valence-corrected chi connectivity index (χ3v) is 3.10. The number of hydrogen-bond donors (Lipinski definition) is 2. The number of carboxylic acid groups (broad SMARTS) is 1. The lowest BCUT2D eigenvalue weighted by molar-refractivity contribution is 0.0690. The number of benzene rings is 1. The van der Waals surface area contributed by atoms with Crippen LogP contribution in [0, 0.1) is 5.82 Å². The molecule has 0 spiro atoms. The van der Waals surface area contributed by atoms with Crippen molar-refractivity contribution >= 4 is 23.4 Å². The molecular formula is C14H13ClFN3O2. The molecule has 0 unspecified atom stereocenters. The molecule has 0 atom stereocenters. The third-order valence-electron chi connectivity index (χ3n) is 2.75. The lowest BCUT2D eigenvalue weighted by atomic mass is 10.1. The minimum absolute atomic E-state index is 0.0189. The van der Waals surface area contributed by atoms with Crippen LogP contribution in [0.5, 0.6) is 0 Å². The lowest BCUT2D eigenvalue weighted by Gasteiger charge is -2.08. The Morgan fingerprint density at radius 2 is 2.19 bits per heavy atom. The van der Waals surface area contributed by atoms with Gasteiger partial charge >= 0.3 is 5.97 Å². The fraction of sp³-hybridized carbons (Fsp3) is 0.214. The van der Waals surface area contributed by atoms with Crippen LogP contribution >= 0.6 is 11.6 Å². The Morgan fingerprint density at radius 1 is 1.43 bits per heavy atom. The molecule has 5 nitrogen and oxygen atoms in total. The fourth-order valence-electron chi connectivity index (χ4n) is 1.82. The molecule has 0 bridgehead atoms. The summed E-state index contributed by atoms with van der Waals surface area (Å²) >= 11 is 5.96. The van der Waals surface area contributed by atoms with E-state index in [1.54, 1.807) is 6.07 Å². The Labute approximate surface area is 125 Å². The Bertz CT molecular complexity index is 659. The zero-order valence-corrected chi connectivity index (χ0v) is 12.0. The van der Waals surface area contributed by atoms with E-state index in [-0.39, 0.29) is 28.5 Å². The fourth-order valence-corrected chi connectivity index (χ4v) is 2.05. The normalized spacial score (nSPS) is 10.4. The van der Waals surface area contributed by atoms with Crippen molar-refractivity contribution in [3.63, 3.8) is 0 Å². The van der Waals surface area contributed by atoms with Crippen LogP contribution in [-0.4, -0.2) is 27.6 Å². The van der Waals surface area contributed by atoms with Gasteiger partial charge in [0.2, 0.25) is 0 Å². The highest BCUT2D eigenvalue weighted by Crippen LogP contribution is 2.21. The maximum Gasteiger partial charge on any atom is 0.354 e. The first kappa shape index (κ1) is 15.2. The van der Waals surface area contributed by atoms with Crippen molar-refractivity contribution in [3.8, 4) is 0 Å². The molecule has 0 saturated heterocycles. The molecule has 110 valence electrons. The topological polar surface area (TPSA) is 75.1 Å². The van der Waals surface area contributed by atoms with Gasteiger partial charge in [0.05, 0.1) is 0 Å². The van der Waals surface area contributed by atoms with Gasteiger partial charge < -0.3 is 10.4 Å². The van der Waals surface area contributed by atoms with Crippen LogP contribution in [0.15, 0.2) is 24.3 Å². The molecule has 2 aromatic rings. The molecule has 7 heteroatoms. The van der Waals surface area contributed by atoms with Crippen molar-refractivity contribution in [2.45, 2.75) is 13.3 Å². The molecule has 0 amide bonds. The van der Waals surface area contributed by atoms with E-state index in [9.17, 15) is 9.18 Å². The smallest absolute Gasteiger partial charge is 0.354 e. The van der Waals surface area contributed by atoms with Crippen LogP contribution in [-0.2, 0) is 6.42 Å². The summed E-state index contributed by atoms with van der Waals surface area (Å²) in [6.45, 7) is 2.44. The van der Waals surface area contributed by atoms with Gasteiger partial charge in [-0.2, -0.15) is 0 Å². The monoisotopic (exact) mass is 309 g/mol. The van der Waals surface area contributed by atoms with E-state index in [0.29, 0.717) is 12.4 Å². The maximum atomic E-state index is 13.8. The highest BCUT2D eigenvalue weighted by Gasteiger charge is 2.14. The van der Waals surface area contributed by atoms with E-state index in [1.165, 1.54) is 18.2 Å². The molecule has 1 heterocycles. The average molecular weight is 310 g/mol. The van der Waals surface area contributed by atoms with Gasteiger partial charge in [0, 0.05) is 29.6 Å². The molecule has 0 radical (unpaired) electrons. The minimum atomic E-state index is -1.17. The van der Waals surface area contributed by atoms with Crippen LogP contribution in [0.2, 0.25) is 5.02 Å². The first-order valence-corrected chi connectivity index (χ1v) is 6.67. The van der Waals surface area contributed by atoms with Crippen LogP contribution in [0.25, 0.3) is 0 Å².